The van der Waals surface area contributed by atoms with Gasteiger partial charge in [-0.1, -0.05) is 19.4 Å². The molecule has 1 aromatic rings. The summed E-state index contributed by atoms with van der Waals surface area (Å²) in [5, 5.41) is 3.25. The first-order chi connectivity index (χ1) is 9.24. The lowest BCUT2D eigenvalue weighted by Gasteiger charge is -2.22. The van der Waals surface area contributed by atoms with Crippen molar-refractivity contribution in [2.75, 3.05) is 25.0 Å². The second kappa shape index (κ2) is 6.90. The first-order valence-electron chi connectivity index (χ1n) is 7.62. The van der Waals surface area contributed by atoms with Crippen LogP contribution in [0.25, 0.3) is 0 Å². The van der Waals surface area contributed by atoms with Crippen LogP contribution in [0.3, 0.4) is 0 Å². The topological polar surface area (TPSA) is 28.2 Å². The Morgan fingerprint density at radius 3 is 2.84 bits per heavy atom. The minimum atomic E-state index is 0.371. The van der Waals surface area contributed by atoms with E-state index < -0.39 is 0 Å². The second-order valence-corrected chi connectivity index (χ2v) is 5.65. The van der Waals surface area contributed by atoms with Crippen molar-refractivity contribution >= 4 is 5.82 Å². The van der Waals surface area contributed by atoms with Gasteiger partial charge in [0, 0.05) is 25.3 Å². The molecule has 0 radical (unpaired) electrons. The van der Waals surface area contributed by atoms with Gasteiger partial charge in [-0.05, 0) is 50.8 Å². The highest BCUT2D eigenvalue weighted by molar-refractivity contribution is 5.39. The van der Waals surface area contributed by atoms with Crippen LogP contribution in [0.15, 0.2) is 18.3 Å². The lowest BCUT2D eigenvalue weighted by molar-refractivity contribution is 0.459. The molecule has 19 heavy (non-hydrogen) atoms. The van der Waals surface area contributed by atoms with Crippen LogP contribution in [0.5, 0.6) is 0 Å². The van der Waals surface area contributed by atoms with E-state index in [0.29, 0.717) is 6.04 Å². The third kappa shape index (κ3) is 3.69. The van der Waals surface area contributed by atoms with Crippen LogP contribution in [-0.4, -0.2) is 25.1 Å². The number of hydrogen-bond acceptors (Lipinski definition) is 3. The maximum absolute atomic E-state index is 4.65. The summed E-state index contributed by atoms with van der Waals surface area (Å²) < 4.78 is 0. The Morgan fingerprint density at radius 1 is 1.37 bits per heavy atom. The van der Waals surface area contributed by atoms with Crippen molar-refractivity contribution in [3.8, 4) is 0 Å². The van der Waals surface area contributed by atoms with Crippen molar-refractivity contribution < 1.29 is 0 Å². The molecular formula is C16H27N3. The van der Waals surface area contributed by atoms with Crippen molar-refractivity contribution in [2.24, 2.45) is 5.92 Å². The zero-order valence-electron chi connectivity index (χ0n) is 12.5. The first kappa shape index (κ1) is 14.3. The Balaban J connectivity index is 2.01. The highest BCUT2D eigenvalue weighted by Crippen LogP contribution is 2.24. The van der Waals surface area contributed by atoms with Crippen molar-refractivity contribution in [3.05, 3.63) is 23.9 Å². The molecule has 106 valence electrons. The maximum atomic E-state index is 4.65. The molecule has 2 atom stereocenters. The highest BCUT2D eigenvalue weighted by atomic mass is 15.2. The zero-order chi connectivity index (χ0) is 13.7. The standard InChI is InChI=1S/C16H27N3/c1-4-14-6-5-10-19(11-9-14)16-8-7-15(12-18-16)13(2)17-3/h7-8,12-14,17H,4-6,9-11H2,1-3H3. The number of nitrogens with one attached hydrogen (secondary N) is 1. The molecule has 0 saturated carbocycles. The summed E-state index contributed by atoms with van der Waals surface area (Å²) in [5.41, 5.74) is 1.26. The van der Waals surface area contributed by atoms with Gasteiger partial charge >= 0.3 is 0 Å². The summed E-state index contributed by atoms with van der Waals surface area (Å²) in [5.74, 6) is 2.05. The van der Waals surface area contributed by atoms with Crippen LogP contribution < -0.4 is 10.2 Å². The molecule has 3 heteroatoms. The van der Waals surface area contributed by atoms with Crippen LogP contribution in [0.4, 0.5) is 5.82 Å². The van der Waals surface area contributed by atoms with Gasteiger partial charge in [0.05, 0.1) is 0 Å². The Morgan fingerprint density at radius 2 is 2.21 bits per heavy atom. The quantitative estimate of drug-likeness (QED) is 0.900. The SMILES string of the molecule is CCC1CCCN(c2ccc(C(C)NC)cn2)CC1. The van der Waals surface area contributed by atoms with E-state index in [1.165, 1.54) is 31.2 Å². The molecule has 2 unspecified atom stereocenters. The molecule has 1 saturated heterocycles. The molecule has 3 nitrogen and oxygen atoms in total. The van der Waals surface area contributed by atoms with Gasteiger partial charge in [0.1, 0.15) is 5.82 Å². The normalized spacial score (nSPS) is 22.1. The fourth-order valence-corrected chi connectivity index (χ4v) is 2.81. The summed E-state index contributed by atoms with van der Waals surface area (Å²) in [6.45, 7) is 6.79. The monoisotopic (exact) mass is 261 g/mol. The van der Waals surface area contributed by atoms with Crippen molar-refractivity contribution in [2.45, 2.75) is 45.6 Å². The molecule has 1 aliphatic heterocycles. The Hall–Kier alpha value is -1.09. The summed E-state index contributed by atoms with van der Waals surface area (Å²) in [6, 6.07) is 4.75. The molecule has 0 aliphatic carbocycles. The molecule has 1 fully saturated rings. The van der Waals surface area contributed by atoms with Gasteiger partial charge < -0.3 is 10.2 Å². The van der Waals surface area contributed by atoms with E-state index in [-0.39, 0.29) is 0 Å². The Bertz CT molecular complexity index is 374. The maximum Gasteiger partial charge on any atom is 0.128 e. The molecule has 2 rings (SSSR count). The largest absolute Gasteiger partial charge is 0.357 e. The molecular weight excluding hydrogens is 234 g/mol. The minimum Gasteiger partial charge on any atom is -0.357 e. The van der Waals surface area contributed by atoms with E-state index in [1.54, 1.807) is 0 Å². The third-order valence-corrected chi connectivity index (χ3v) is 4.45. The number of nitrogens with zero attached hydrogens (tertiary/aromatic N) is 2. The van der Waals surface area contributed by atoms with E-state index >= 15 is 0 Å². The van der Waals surface area contributed by atoms with Gasteiger partial charge in [-0.25, -0.2) is 4.98 Å². The Labute approximate surface area is 117 Å². The molecule has 1 N–H and O–H groups in total. The van der Waals surface area contributed by atoms with Crippen LogP contribution in [0, 0.1) is 5.92 Å². The number of aromatic nitrogens is 1. The van der Waals surface area contributed by atoms with Crippen LogP contribution >= 0.6 is 0 Å². The molecule has 2 heterocycles. The van der Waals surface area contributed by atoms with Gasteiger partial charge in [-0.15, -0.1) is 0 Å². The second-order valence-electron chi connectivity index (χ2n) is 5.65. The summed E-state index contributed by atoms with van der Waals surface area (Å²) >= 11 is 0. The smallest absolute Gasteiger partial charge is 0.128 e. The van der Waals surface area contributed by atoms with E-state index in [1.807, 2.05) is 13.2 Å². The van der Waals surface area contributed by atoms with Gasteiger partial charge in [-0.3, -0.25) is 0 Å². The summed E-state index contributed by atoms with van der Waals surface area (Å²) in [7, 11) is 1.98. The summed E-state index contributed by atoms with van der Waals surface area (Å²) in [4.78, 5) is 7.10. The van der Waals surface area contributed by atoms with E-state index in [2.05, 4.69) is 41.2 Å². The highest BCUT2D eigenvalue weighted by Gasteiger charge is 2.16. The molecule has 1 aromatic heterocycles. The van der Waals surface area contributed by atoms with Crippen LogP contribution in [-0.2, 0) is 0 Å². The average Bonchev–Trinajstić information content (AvgIpc) is 2.72. The van der Waals surface area contributed by atoms with Gasteiger partial charge in [0.2, 0.25) is 0 Å². The van der Waals surface area contributed by atoms with E-state index in [9.17, 15) is 0 Å². The lowest BCUT2D eigenvalue weighted by Crippen LogP contribution is -2.25. The fourth-order valence-electron chi connectivity index (χ4n) is 2.81. The van der Waals surface area contributed by atoms with E-state index in [0.717, 1.165) is 24.8 Å². The van der Waals surface area contributed by atoms with Crippen molar-refractivity contribution in [1.29, 1.82) is 0 Å². The molecule has 0 spiro atoms. The molecule has 0 bridgehead atoms. The third-order valence-electron chi connectivity index (χ3n) is 4.45. The van der Waals surface area contributed by atoms with Crippen molar-refractivity contribution in [1.82, 2.24) is 10.3 Å². The number of anilines is 1. The minimum absolute atomic E-state index is 0.371. The predicted octanol–water partition coefficient (Wildman–Crippen LogP) is 3.38. The van der Waals surface area contributed by atoms with E-state index in [4.69, 9.17) is 0 Å². The first-order valence-corrected chi connectivity index (χ1v) is 7.62. The predicted molar refractivity (Wildman–Crippen MR) is 81.6 cm³/mol. The van der Waals surface area contributed by atoms with Crippen molar-refractivity contribution in [3.63, 3.8) is 0 Å². The molecule has 1 aliphatic rings. The van der Waals surface area contributed by atoms with Crippen LogP contribution in [0.1, 0.15) is 51.1 Å². The van der Waals surface area contributed by atoms with Gasteiger partial charge in [0.25, 0.3) is 0 Å². The van der Waals surface area contributed by atoms with Crippen LogP contribution in [0.2, 0.25) is 0 Å². The van der Waals surface area contributed by atoms with Gasteiger partial charge in [0.15, 0.2) is 0 Å². The molecule has 0 amide bonds. The zero-order valence-corrected chi connectivity index (χ0v) is 12.5. The molecule has 0 aromatic carbocycles. The Kier molecular flexibility index (Phi) is 5.20. The lowest BCUT2D eigenvalue weighted by atomic mass is 9.98. The van der Waals surface area contributed by atoms with Gasteiger partial charge in [-0.2, -0.15) is 0 Å². The number of rotatable bonds is 4. The number of pyridine rings is 1. The number of hydrogen-bond donors (Lipinski definition) is 1. The summed E-state index contributed by atoms with van der Waals surface area (Å²) in [6.07, 6.45) is 7.32. The fraction of sp³-hybridized carbons (Fsp3) is 0.688. The average molecular weight is 261 g/mol.